The summed E-state index contributed by atoms with van der Waals surface area (Å²) in [4.78, 5) is 16.9. The Morgan fingerprint density at radius 2 is 1.65 bits per heavy atom. The third kappa shape index (κ3) is 9.36. The van der Waals surface area contributed by atoms with Crippen LogP contribution in [0.25, 0.3) is 0 Å². The minimum atomic E-state index is -0.463. The molecule has 5 heteroatoms. The van der Waals surface area contributed by atoms with E-state index in [4.69, 9.17) is 4.74 Å². The van der Waals surface area contributed by atoms with Gasteiger partial charge in [-0.3, -0.25) is 14.7 Å². The van der Waals surface area contributed by atoms with Crippen molar-refractivity contribution in [2.24, 2.45) is 10.9 Å². The van der Waals surface area contributed by atoms with Crippen molar-refractivity contribution in [3.8, 4) is 0 Å². The van der Waals surface area contributed by atoms with Gasteiger partial charge in [0.15, 0.2) is 0 Å². The Balaban J connectivity index is 5.46. The lowest BCUT2D eigenvalue weighted by Gasteiger charge is -2.24. The molecule has 0 aliphatic rings. The molecule has 1 atom stereocenters. The number of rotatable bonds is 5. The first-order valence-electron chi connectivity index (χ1n) is 8.48. The molecule has 5 nitrogen and oxygen atoms in total. The summed E-state index contributed by atoms with van der Waals surface area (Å²) in [6.07, 6.45) is 0. The highest BCUT2D eigenvalue weighted by atomic mass is 16.6. The van der Waals surface area contributed by atoms with E-state index in [1.807, 2.05) is 41.5 Å². The van der Waals surface area contributed by atoms with E-state index < -0.39 is 5.60 Å². The van der Waals surface area contributed by atoms with E-state index in [1.54, 1.807) is 0 Å². The number of carbonyl (C=O) groups is 1. The SMILES string of the molecule is CC(C)=NC(NC(C)C)=[N+](CC(C)C(=O)OC(C)(C)C)C(C)C. The first kappa shape index (κ1) is 21.6. The number of nitrogens with zero attached hydrogens (tertiary/aromatic N) is 2. The van der Waals surface area contributed by atoms with Gasteiger partial charge in [-0.25, -0.2) is 0 Å². The van der Waals surface area contributed by atoms with Crippen molar-refractivity contribution in [1.29, 1.82) is 0 Å². The van der Waals surface area contributed by atoms with Gasteiger partial charge in [-0.1, -0.05) is 4.99 Å². The van der Waals surface area contributed by atoms with Gasteiger partial charge < -0.3 is 4.74 Å². The molecule has 0 heterocycles. The average Bonchev–Trinajstić information content (AvgIpc) is 2.30. The summed E-state index contributed by atoms with van der Waals surface area (Å²) >= 11 is 0. The van der Waals surface area contributed by atoms with Crippen LogP contribution in [-0.2, 0) is 9.53 Å². The molecular formula is C18H36N3O2+. The number of aliphatic imine (C=N–C) groups is 1. The van der Waals surface area contributed by atoms with Crippen molar-refractivity contribution in [3.05, 3.63) is 0 Å². The van der Waals surface area contributed by atoms with Gasteiger partial charge in [-0.15, -0.1) is 0 Å². The smallest absolute Gasteiger partial charge is 0.387 e. The maximum absolute atomic E-state index is 12.3. The minimum Gasteiger partial charge on any atom is -0.460 e. The van der Waals surface area contributed by atoms with Crippen LogP contribution in [0.15, 0.2) is 4.99 Å². The predicted molar refractivity (Wildman–Crippen MR) is 97.3 cm³/mol. The molecule has 23 heavy (non-hydrogen) atoms. The number of carbonyl (C=O) groups excluding carboxylic acids is 1. The molecule has 0 aliphatic heterocycles. The Morgan fingerprint density at radius 1 is 1.13 bits per heavy atom. The van der Waals surface area contributed by atoms with Gasteiger partial charge in [0.25, 0.3) is 0 Å². The Labute approximate surface area is 142 Å². The van der Waals surface area contributed by atoms with Crippen LogP contribution in [0.1, 0.15) is 69.2 Å². The Bertz CT molecular complexity index is 453. The third-order valence-corrected chi connectivity index (χ3v) is 2.92. The fraction of sp³-hybridized carbons (Fsp3) is 0.833. The summed E-state index contributed by atoms with van der Waals surface area (Å²) < 4.78 is 7.62. The Kier molecular flexibility index (Phi) is 8.49. The molecule has 0 aromatic heterocycles. The lowest BCUT2D eigenvalue weighted by atomic mass is 10.1. The van der Waals surface area contributed by atoms with Gasteiger partial charge in [0, 0.05) is 0 Å². The first-order chi connectivity index (χ1) is 10.3. The molecule has 0 spiro atoms. The molecule has 0 saturated carbocycles. The molecule has 0 rings (SSSR count). The monoisotopic (exact) mass is 326 g/mol. The van der Waals surface area contributed by atoms with Gasteiger partial charge in [-0.2, -0.15) is 0 Å². The van der Waals surface area contributed by atoms with Crippen molar-refractivity contribution in [2.45, 2.75) is 86.9 Å². The zero-order chi connectivity index (χ0) is 18.4. The zero-order valence-corrected chi connectivity index (χ0v) is 16.7. The van der Waals surface area contributed by atoms with Crippen molar-refractivity contribution >= 4 is 17.6 Å². The van der Waals surface area contributed by atoms with Gasteiger partial charge in [0.2, 0.25) is 0 Å². The van der Waals surface area contributed by atoms with Crippen molar-refractivity contribution < 1.29 is 14.1 Å². The van der Waals surface area contributed by atoms with Crippen LogP contribution in [0, 0.1) is 5.92 Å². The molecular weight excluding hydrogens is 290 g/mol. The zero-order valence-electron chi connectivity index (χ0n) is 16.7. The van der Waals surface area contributed by atoms with Crippen molar-refractivity contribution in [2.75, 3.05) is 6.54 Å². The fourth-order valence-electron chi connectivity index (χ4n) is 1.96. The van der Waals surface area contributed by atoms with E-state index >= 15 is 0 Å². The predicted octanol–water partition coefficient (Wildman–Crippen LogP) is 3.22. The molecule has 134 valence electrons. The van der Waals surface area contributed by atoms with Crippen LogP contribution in [0.3, 0.4) is 0 Å². The standard InChI is InChI=1S/C18H35N3O2/c1-12(2)19-17(20-13(3)4)21(14(5)6)11-15(7)16(22)23-18(8,9)10/h12,14-15H,11H2,1-10H3/p+1. The summed E-state index contributed by atoms with van der Waals surface area (Å²) in [5.41, 5.74) is 0.512. The maximum atomic E-state index is 12.3. The molecule has 0 aliphatic carbocycles. The molecule has 0 bridgehead atoms. The highest BCUT2D eigenvalue weighted by Crippen LogP contribution is 2.12. The number of hydrogen-bond acceptors (Lipinski definition) is 2. The lowest BCUT2D eigenvalue weighted by Crippen LogP contribution is -2.43. The molecule has 0 aromatic rings. The van der Waals surface area contributed by atoms with Crippen LogP contribution in [0.4, 0.5) is 0 Å². The summed E-state index contributed by atoms with van der Waals surface area (Å²) in [5, 5.41) is 3.39. The Hall–Kier alpha value is -1.39. The van der Waals surface area contributed by atoms with E-state index in [0.29, 0.717) is 6.54 Å². The Morgan fingerprint density at radius 3 is 2.00 bits per heavy atom. The van der Waals surface area contributed by atoms with E-state index in [0.717, 1.165) is 11.7 Å². The van der Waals surface area contributed by atoms with E-state index in [1.165, 1.54) is 0 Å². The second kappa shape index (κ2) is 9.04. The normalized spacial score (nSPS) is 14.4. The lowest BCUT2D eigenvalue weighted by molar-refractivity contribution is -0.565. The second-order valence-corrected chi connectivity index (χ2v) is 7.86. The number of ether oxygens (including phenoxy) is 1. The largest absolute Gasteiger partial charge is 0.460 e. The second-order valence-electron chi connectivity index (χ2n) is 7.86. The number of esters is 1. The fourth-order valence-corrected chi connectivity index (χ4v) is 1.96. The summed E-state index contributed by atoms with van der Waals surface area (Å²) in [6.45, 7) is 20.4. The molecule has 0 radical (unpaired) electrons. The number of nitrogens with one attached hydrogen (secondary N) is 1. The van der Waals surface area contributed by atoms with Crippen LogP contribution in [-0.4, -0.2) is 46.4 Å². The molecule has 1 N–H and O–H groups in total. The van der Waals surface area contributed by atoms with Crippen LogP contribution in [0.2, 0.25) is 0 Å². The van der Waals surface area contributed by atoms with Gasteiger partial charge >= 0.3 is 11.9 Å². The molecule has 0 saturated heterocycles. The summed E-state index contributed by atoms with van der Waals surface area (Å²) in [6, 6.07) is 0.496. The topological polar surface area (TPSA) is 53.7 Å². The van der Waals surface area contributed by atoms with Crippen LogP contribution < -0.4 is 5.32 Å². The van der Waals surface area contributed by atoms with E-state index in [2.05, 4.69) is 42.6 Å². The number of hydrogen-bond donors (Lipinski definition) is 1. The average molecular weight is 327 g/mol. The maximum Gasteiger partial charge on any atom is 0.387 e. The van der Waals surface area contributed by atoms with E-state index in [9.17, 15) is 4.79 Å². The highest BCUT2D eigenvalue weighted by Gasteiger charge is 2.26. The minimum absolute atomic E-state index is 0.177. The van der Waals surface area contributed by atoms with Gasteiger partial charge in [-0.05, 0) is 69.2 Å². The van der Waals surface area contributed by atoms with Crippen LogP contribution >= 0.6 is 0 Å². The first-order valence-corrected chi connectivity index (χ1v) is 8.48. The quantitative estimate of drug-likeness (QED) is 0.365. The molecule has 0 aromatic carbocycles. The molecule has 1 unspecified atom stereocenters. The van der Waals surface area contributed by atoms with E-state index in [-0.39, 0.29) is 24.0 Å². The van der Waals surface area contributed by atoms with Gasteiger partial charge in [0.05, 0.1) is 30.3 Å². The van der Waals surface area contributed by atoms with Crippen molar-refractivity contribution in [3.63, 3.8) is 0 Å². The van der Waals surface area contributed by atoms with Crippen LogP contribution in [0.5, 0.6) is 0 Å². The molecule has 0 amide bonds. The summed E-state index contributed by atoms with van der Waals surface area (Å²) in [7, 11) is 0. The van der Waals surface area contributed by atoms with Gasteiger partial charge in [0.1, 0.15) is 5.60 Å². The summed E-state index contributed by atoms with van der Waals surface area (Å²) in [5.74, 6) is 0.405. The molecule has 0 fully saturated rings. The number of guanidine groups is 1. The highest BCUT2D eigenvalue weighted by molar-refractivity contribution is 5.92. The van der Waals surface area contributed by atoms with Crippen molar-refractivity contribution in [1.82, 2.24) is 5.32 Å². The third-order valence-electron chi connectivity index (χ3n) is 2.92.